The highest BCUT2D eigenvalue weighted by Gasteiger charge is 2.27. The minimum atomic E-state index is -4.39. The molecule has 0 fully saturated rings. The topological polar surface area (TPSA) is 108 Å². The molecule has 0 aromatic rings. The lowest BCUT2D eigenvalue weighted by molar-refractivity contribution is -0.870. The van der Waals surface area contributed by atoms with Crippen LogP contribution in [0.4, 0.5) is 0 Å². The van der Waals surface area contributed by atoms with Crippen LogP contribution >= 0.6 is 7.82 Å². The number of ether oxygens (including phenoxy) is 2. The smallest absolute Gasteiger partial charge is 0.462 e. The first-order valence-electron chi connectivity index (χ1n) is 35.7. The molecule has 0 bridgehead atoms. The van der Waals surface area contributed by atoms with E-state index in [4.69, 9.17) is 18.5 Å². The molecule has 0 radical (unpaired) electrons. The second kappa shape index (κ2) is 63.7. The monoisotopic (exact) mass is 1180 g/mol. The molecule has 0 spiro atoms. The summed E-state index contributed by atoms with van der Waals surface area (Å²) in [4.78, 5) is 35.9. The van der Waals surface area contributed by atoms with E-state index in [1.165, 1.54) is 289 Å². The van der Waals surface area contributed by atoms with Crippen LogP contribution in [0.1, 0.15) is 361 Å². The van der Waals surface area contributed by atoms with Crippen LogP contribution in [0, 0.1) is 0 Å². The molecule has 0 amide bonds. The number of rotatable bonds is 67. The first-order chi connectivity index (χ1) is 40.0. The first kappa shape index (κ1) is 80.2. The number of unbranched alkanes of at least 4 members (excludes halogenated alkanes) is 47. The SMILES string of the molecule is CCCCCCC/C=C\C/C=C\CCCCCCCCCCCCCCCCCC(=O)OC(COC(=O)CCCCCCCCCCCCCCCCCCCCC/C=C\CCCCCCCCCC)COP(=O)(O)OCC[N+](C)(C)C. The summed E-state index contributed by atoms with van der Waals surface area (Å²) in [5, 5.41) is 0. The van der Waals surface area contributed by atoms with Gasteiger partial charge in [-0.05, 0) is 70.6 Å². The minimum Gasteiger partial charge on any atom is -0.462 e. The van der Waals surface area contributed by atoms with E-state index in [1.807, 2.05) is 21.1 Å². The third kappa shape index (κ3) is 67.4. The second-order valence-electron chi connectivity index (χ2n) is 25.6. The van der Waals surface area contributed by atoms with Gasteiger partial charge < -0.3 is 18.9 Å². The number of hydrogen-bond acceptors (Lipinski definition) is 7. The van der Waals surface area contributed by atoms with Gasteiger partial charge in [0.25, 0.3) is 0 Å². The lowest BCUT2D eigenvalue weighted by Crippen LogP contribution is -2.37. The number of phosphoric ester groups is 1. The summed E-state index contributed by atoms with van der Waals surface area (Å²) in [6.07, 6.45) is 81.1. The highest BCUT2D eigenvalue weighted by atomic mass is 31.2. The van der Waals surface area contributed by atoms with Gasteiger partial charge in [-0.2, -0.15) is 0 Å². The zero-order valence-corrected chi connectivity index (χ0v) is 56.1. The van der Waals surface area contributed by atoms with Crippen molar-refractivity contribution in [3.63, 3.8) is 0 Å². The van der Waals surface area contributed by atoms with Gasteiger partial charge in [-0.15, -0.1) is 0 Å². The van der Waals surface area contributed by atoms with Crippen LogP contribution in [0.3, 0.4) is 0 Å². The van der Waals surface area contributed by atoms with Gasteiger partial charge in [-0.3, -0.25) is 18.6 Å². The van der Waals surface area contributed by atoms with Crippen LogP contribution in [0.25, 0.3) is 0 Å². The fraction of sp³-hybridized carbons (Fsp3) is 0.889. The van der Waals surface area contributed by atoms with E-state index in [9.17, 15) is 19.0 Å². The number of carbonyl (C=O) groups is 2. The van der Waals surface area contributed by atoms with Crippen LogP contribution < -0.4 is 0 Å². The van der Waals surface area contributed by atoms with Gasteiger partial charge in [0.2, 0.25) is 0 Å². The Kier molecular flexibility index (Phi) is 62.3. The molecule has 82 heavy (non-hydrogen) atoms. The molecule has 9 nitrogen and oxygen atoms in total. The lowest BCUT2D eigenvalue weighted by atomic mass is 10.0. The zero-order valence-electron chi connectivity index (χ0n) is 55.3. The molecular weight excluding hydrogens is 1040 g/mol. The van der Waals surface area contributed by atoms with E-state index in [2.05, 4.69) is 50.3 Å². The maximum Gasteiger partial charge on any atom is 0.472 e. The van der Waals surface area contributed by atoms with Gasteiger partial charge in [0.05, 0.1) is 27.7 Å². The number of esters is 2. The maximum absolute atomic E-state index is 12.9. The van der Waals surface area contributed by atoms with Crippen molar-refractivity contribution in [2.24, 2.45) is 0 Å². The average Bonchev–Trinajstić information content (AvgIpc) is 3.46. The summed E-state index contributed by atoms with van der Waals surface area (Å²) in [7, 11) is 1.50. The molecule has 0 aromatic carbocycles. The molecule has 0 aliphatic carbocycles. The highest BCUT2D eigenvalue weighted by Crippen LogP contribution is 2.43. The van der Waals surface area contributed by atoms with Crippen molar-refractivity contribution in [2.45, 2.75) is 367 Å². The van der Waals surface area contributed by atoms with E-state index >= 15 is 0 Å². The normalized spacial score (nSPS) is 13.3. The zero-order chi connectivity index (χ0) is 59.8. The summed E-state index contributed by atoms with van der Waals surface area (Å²) < 4.78 is 34.8. The predicted octanol–water partition coefficient (Wildman–Crippen LogP) is 23.1. The van der Waals surface area contributed by atoms with E-state index in [0.717, 1.165) is 38.5 Å². The van der Waals surface area contributed by atoms with Crippen LogP contribution in [0.15, 0.2) is 36.5 Å². The first-order valence-corrected chi connectivity index (χ1v) is 37.2. The molecule has 1 N–H and O–H groups in total. The molecule has 0 saturated carbocycles. The molecule has 10 heteroatoms. The third-order valence-electron chi connectivity index (χ3n) is 16.1. The van der Waals surface area contributed by atoms with Gasteiger partial charge in [0, 0.05) is 12.8 Å². The van der Waals surface area contributed by atoms with Gasteiger partial charge in [0.1, 0.15) is 19.8 Å². The number of phosphoric acid groups is 1. The average molecular weight is 1180 g/mol. The van der Waals surface area contributed by atoms with E-state index in [0.29, 0.717) is 23.9 Å². The van der Waals surface area contributed by atoms with Crippen molar-refractivity contribution in [1.82, 2.24) is 0 Å². The largest absolute Gasteiger partial charge is 0.472 e. The Morgan fingerprint density at radius 1 is 0.378 bits per heavy atom. The van der Waals surface area contributed by atoms with Crippen LogP contribution in [-0.2, 0) is 32.7 Å². The standard InChI is InChI=1S/C72H138NO8P/c1-6-8-10-12-14-16-18-20-22-24-26-28-30-32-34-35-36-37-39-40-42-44-46-48-50-52-54-56-58-60-62-64-71(74)78-68-70(69-80-82(76,77)79-67-66-73(3,4)5)81-72(75)65-63-61-59-57-55-53-51-49-47-45-43-41-38-33-31-29-27-25-23-21-19-17-15-13-11-9-7-2/h19,21,24-27,70H,6-18,20,22-23,28-69H2,1-5H3/p+1/b21-19-,26-24-,27-25-. The Morgan fingerprint density at radius 2 is 0.659 bits per heavy atom. The lowest BCUT2D eigenvalue weighted by Gasteiger charge is -2.24. The van der Waals surface area contributed by atoms with Gasteiger partial charge in [-0.25, -0.2) is 4.57 Å². The van der Waals surface area contributed by atoms with Crippen molar-refractivity contribution >= 4 is 19.8 Å². The fourth-order valence-corrected chi connectivity index (χ4v) is 11.4. The molecular formula is C72H139NO8P+. The Morgan fingerprint density at radius 3 is 0.976 bits per heavy atom. The van der Waals surface area contributed by atoms with E-state index in [-0.39, 0.29) is 25.6 Å². The molecule has 2 atom stereocenters. The maximum atomic E-state index is 12.9. The van der Waals surface area contributed by atoms with Crippen molar-refractivity contribution < 1.29 is 42.1 Å². The molecule has 0 aliphatic heterocycles. The molecule has 0 rings (SSSR count). The fourth-order valence-electron chi connectivity index (χ4n) is 10.6. The summed E-state index contributed by atoms with van der Waals surface area (Å²) in [6.45, 7) is 4.49. The van der Waals surface area contributed by atoms with Crippen molar-refractivity contribution in [3.05, 3.63) is 36.5 Å². The number of carbonyl (C=O) groups excluding carboxylic acids is 2. The molecule has 0 saturated heterocycles. The molecule has 0 aromatic heterocycles. The van der Waals surface area contributed by atoms with Gasteiger partial charge in [-0.1, -0.05) is 314 Å². The van der Waals surface area contributed by atoms with Crippen LogP contribution in [-0.4, -0.2) is 74.9 Å². The van der Waals surface area contributed by atoms with Gasteiger partial charge in [0.15, 0.2) is 6.10 Å². The number of hydrogen-bond donors (Lipinski definition) is 1. The van der Waals surface area contributed by atoms with Crippen LogP contribution in [0.2, 0.25) is 0 Å². The molecule has 484 valence electrons. The van der Waals surface area contributed by atoms with Gasteiger partial charge >= 0.3 is 19.8 Å². The number of quaternary nitrogens is 1. The Balaban J connectivity index is 3.99. The van der Waals surface area contributed by atoms with Crippen molar-refractivity contribution in [2.75, 3.05) is 47.5 Å². The number of nitrogens with zero attached hydrogens (tertiary/aromatic N) is 1. The number of likely N-dealkylation sites (N-methyl/N-ethyl adjacent to an activating group) is 1. The predicted molar refractivity (Wildman–Crippen MR) is 354 cm³/mol. The summed E-state index contributed by atoms with van der Waals surface area (Å²) >= 11 is 0. The molecule has 2 unspecified atom stereocenters. The van der Waals surface area contributed by atoms with E-state index < -0.39 is 26.5 Å². The Hall–Kier alpha value is -1.77. The molecule has 0 aliphatic rings. The summed E-state index contributed by atoms with van der Waals surface area (Å²) in [6, 6.07) is 0. The quantitative estimate of drug-likeness (QED) is 0.0211. The summed E-state index contributed by atoms with van der Waals surface area (Å²) in [5.74, 6) is -0.777. The highest BCUT2D eigenvalue weighted by molar-refractivity contribution is 7.47. The second-order valence-corrected chi connectivity index (χ2v) is 27.1. The van der Waals surface area contributed by atoms with Crippen molar-refractivity contribution in [1.29, 1.82) is 0 Å². The minimum absolute atomic E-state index is 0.0342. The Bertz CT molecular complexity index is 1480. The third-order valence-corrected chi connectivity index (χ3v) is 17.1. The van der Waals surface area contributed by atoms with Crippen molar-refractivity contribution in [3.8, 4) is 0 Å². The van der Waals surface area contributed by atoms with E-state index in [1.54, 1.807) is 0 Å². The summed E-state index contributed by atoms with van der Waals surface area (Å²) in [5.41, 5.74) is 0. The molecule has 0 heterocycles. The van der Waals surface area contributed by atoms with Crippen LogP contribution in [0.5, 0.6) is 0 Å². The Labute approximate surface area is 510 Å². The number of allylic oxidation sites excluding steroid dienone is 6.